The van der Waals surface area contributed by atoms with Gasteiger partial charge in [0.05, 0.1) is 0 Å². The zero-order valence-electron chi connectivity index (χ0n) is 25.1. The molecule has 0 amide bonds. The molecule has 0 bridgehead atoms. The second-order valence-corrected chi connectivity index (χ2v) is 13.5. The maximum atomic E-state index is 2.47. The molecule has 0 nitrogen and oxygen atoms in total. The van der Waals surface area contributed by atoms with E-state index in [0.717, 1.165) is 32.1 Å². The Hall–Kier alpha value is -5.20. The Bertz CT molecular complexity index is 2430. The number of fused-ring (bicyclic) bond motifs is 3. The molecule has 0 radical (unpaired) electrons. The summed E-state index contributed by atoms with van der Waals surface area (Å²) in [4.78, 5) is 0. The average molecular weight is 571 g/mol. The summed E-state index contributed by atoms with van der Waals surface area (Å²) < 4.78 is 0. The Morgan fingerprint density at radius 1 is 0.311 bits per heavy atom. The van der Waals surface area contributed by atoms with Gasteiger partial charge in [-0.25, -0.2) is 0 Å². The molecular weight excluding hydrogens is 540 g/mol. The van der Waals surface area contributed by atoms with Gasteiger partial charge in [-0.2, -0.15) is 0 Å². The summed E-state index contributed by atoms with van der Waals surface area (Å²) in [5, 5.41) is 11.4. The van der Waals surface area contributed by atoms with Gasteiger partial charge in [0.1, 0.15) is 0 Å². The van der Waals surface area contributed by atoms with Crippen molar-refractivity contribution in [2.45, 2.75) is 32.1 Å². The molecule has 0 saturated carbocycles. The summed E-state index contributed by atoms with van der Waals surface area (Å²) in [5.74, 6) is 0. The summed E-state index contributed by atoms with van der Waals surface area (Å²) in [5.41, 5.74) is 17.0. The van der Waals surface area contributed by atoms with Gasteiger partial charge in [0.25, 0.3) is 0 Å². The van der Waals surface area contributed by atoms with E-state index >= 15 is 0 Å². The fourth-order valence-corrected chi connectivity index (χ4v) is 9.16. The molecule has 0 N–H and O–H groups in total. The van der Waals surface area contributed by atoms with Crippen LogP contribution >= 0.6 is 0 Å². The summed E-state index contributed by atoms with van der Waals surface area (Å²) in [6, 6.07) is 46.9. The first kappa shape index (κ1) is 24.2. The van der Waals surface area contributed by atoms with Crippen molar-refractivity contribution in [2.75, 3.05) is 0 Å². The fraction of sp³-hybridized carbons (Fsp3) is 0.111. The Balaban J connectivity index is 1.02. The maximum absolute atomic E-state index is 2.47. The second-order valence-electron chi connectivity index (χ2n) is 13.5. The predicted octanol–water partition coefficient (Wildman–Crippen LogP) is 11.4. The molecule has 0 heterocycles. The predicted molar refractivity (Wildman–Crippen MR) is 190 cm³/mol. The third-order valence-corrected chi connectivity index (χ3v) is 11.2. The van der Waals surface area contributed by atoms with Crippen LogP contribution in [0.15, 0.2) is 121 Å². The van der Waals surface area contributed by atoms with Crippen LogP contribution in [0.3, 0.4) is 0 Å². The first-order chi connectivity index (χ1) is 22.3. The number of hydrogen-bond acceptors (Lipinski definition) is 0. The molecule has 0 atom stereocenters. The van der Waals surface area contributed by atoms with Crippen molar-refractivity contribution >= 4 is 43.1 Å². The van der Waals surface area contributed by atoms with Gasteiger partial charge in [-0.3, -0.25) is 0 Å². The van der Waals surface area contributed by atoms with Crippen LogP contribution in [0.4, 0.5) is 0 Å². The van der Waals surface area contributed by atoms with Crippen LogP contribution in [-0.2, 0) is 32.1 Å². The molecule has 3 aliphatic rings. The maximum Gasteiger partial charge on any atom is -0.00130 e. The van der Waals surface area contributed by atoms with E-state index < -0.39 is 0 Å². The Morgan fingerprint density at radius 2 is 0.756 bits per heavy atom. The molecule has 45 heavy (non-hydrogen) atoms. The van der Waals surface area contributed by atoms with Crippen LogP contribution < -0.4 is 0 Å². The molecule has 8 aromatic carbocycles. The molecule has 210 valence electrons. The first-order valence-corrected chi connectivity index (χ1v) is 16.5. The highest BCUT2D eigenvalue weighted by Crippen LogP contribution is 2.45. The summed E-state index contributed by atoms with van der Waals surface area (Å²) in [7, 11) is 0. The summed E-state index contributed by atoms with van der Waals surface area (Å²) in [6.07, 6.45) is 5.52. The average Bonchev–Trinajstić information content (AvgIpc) is 3.46. The monoisotopic (exact) mass is 570 g/mol. The minimum Gasteiger partial charge on any atom is -0.0614 e. The quantitative estimate of drug-likeness (QED) is 0.181. The highest BCUT2D eigenvalue weighted by molar-refractivity contribution is 6.17. The van der Waals surface area contributed by atoms with Crippen molar-refractivity contribution in [3.8, 4) is 33.4 Å². The van der Waals surface area contributed by atoms with E-state index in [1.165, 1.54) is 110 Å². The number of benzene rings is 8. The number of hydrogen-bond donors (Lipinski definition) is 0. The van der Waals surface area contributed by atoms with E-state index in [0.29, 0.717) is 0 Å². The van der Waals surface area contributed by atoms with Crippen molar-refractivity contribution in [1.82, 2.24) is 0 Å². The van der Waals surface area contributed by atoms with Gasteiger partial charge >= 0.3 is 0 Å². The fourth-order valence-electron chi connectivity index (χ4n) is 9.16. The van der Waals surface area contributed by atoms with Crippen LogP contribution in [0.2, 0.25) is 0 Å². The highest BCUT2D eigenvalue weighted by Gasteiger charge is 2.23. The van der Waals surface area contributed by atoms with Gasteiger partial charge in [0, 0.05) is 0 Å². The smallest absolute Gasteiger partial charge is 0.00130 e. The molecule has 0 heteroatoms. The van der Waals surface area contributed by atoms with E-state index in [4.69, 9.17) is 0 Å². The lowest BCUT2D eigenvalue weighted by Gasteiger charge is -2.20. The van der Waals surface area contributed by atoms with Crippen LogP contribution in [0, 0.1) is 0 Å². The molecule has 3 aliphatic carbocycles. The third kappa shape index (κ3) is 3.27. The van der Waals surface area contributed by atoms with Gasteiger partial charge in [-0.15, -0.1) is 0 Å². The Labute approximate surface area is 262 Å². The van der Waals surface area contributed by atoms with Crippen molar-refractivity contribution in [3.05, 3.63) is 155 Å². The molecule has 0 saturated heterocycles. The molecule has 0 aliphatic heterocycles. The lowest BCUT2D eigenvalue weighted by Crippen LogP contribution is -2.01. The van der Waals surface area contributed by atoms with E-state index in [1.54, 1.807) is 0 Å². The van der Waals surface area contributed by atoms with Gasteiger partial charge < -0.3 is 0 Å². The molecular formula is C45H30. The number of aryl methyl sites for hydroxylation is 4. The van der Waals surface area contributed by atoms with Crippen molar-refractivity contribution in [1.29, 1.82) is 0 Å². The van der Waals surface area contributed by atoms with E-state index in [2.05, 4.69) is 121 Å². The second kappa shape index (κ2) is 8.71. The zero-order valence-corrected chi connectivity index (χ0v) is 25.1. The molecule has 0 aromatic heterocycles. The van der Waals surface area contributed by atoms with Gasteiger partial charge in [-0.05, 0) is 142 Å². The zero-order chi connectivity index (χ0) is 29.2. The lowest BCUT2D eigenvalue weighted by molar-refractivity contribution is 0.968. The molecule has 0 spiro atoms. The Kier molecular flexibility index (Phi) is 4.67. The molecule has 0 fully saturated rings. The Morgan fingerprint density at radius 3 is 1.24 bits per heavy atom. The summed E-state index contributed by atoms with van der Waals surface area (Å²) in [6.45, 7) is 0. The van der Waals surface area contributed by atoms with E-state index in [1.807, 2.05) is 0 Å². The summed E-state index contributed by atoms with van der Waals surface area (Å²) >= 11 is 0. The molecule has 0 unspecified atom stereocenters. The largest absolute Gasteiger partial charge is 0.0614 e. The van der Waals surface area contributed by atoms with Crippen molar-refractivity contribution < 1.29 is 0 Å². The standard InChI is InChI=1S/C45H30/c1-3-26-7-9-30-11-17-36(40-21-13-28(5-1)42(26)44(30)40)32-15-19-38-34(23-32)25-35-24-33(16-20-39(35)38)37-18-12-31-10-8-27-4-2-6-29-14-22-41(37)45(31)43(27)29/h1-6,11-24H,7-10,25H2. The van der Waals surface area contributed by atoms with Crippen LogP contribution in [-0.4, -0.2) is 0 Å². The molecule has 11 rings (SSSR count). The first-order valence-electron chi connectivity index (χ1n) is 16.5. The van der Waals surface area contributed by atoms with Gasteiger partial charge in [-0.1, -0.05) is 121 Å². The SMILES string of the molecule is c1cc2c3c(c1)ccc1c(-c4ccc5c(c4)Cc4cc(-c6ccc7c8c6ccc6cccc(c68)CC7)ccc4-5)ccc(c13)CC2. The van der Waals surface area contributed by atoms with E-state index in [9.17, 15) is 0 Å². The minimum absolute atomic E-state index is 0.985. The normalized spacial score (nSPS) is 14.2. The minimum atomic E-state index is 0.985. The number of rotatable bonds is 2. The van der Waals surface area contributed by atoms with Gasteiger partial charge in [0.15, 0.2) is 0 Å². The van der Waals surface area contributed by atoms with E-state index in [-0.39, 0.29) is 0 Å². The van der Waals surface area contributed by atoms with Crippen LogP contribution in [0.5, 0.6) is 0 Å². The molecule has 8 aromatic rings. The third-order valence-electron chi connectivity index (χ3n) is 11.2. The highest BCUT2D eigenvalue weighted by atomic mass is 14.3. The lowest BCUT2D eigenvalue weighted by atomic mass is 9.83. The van der Waals surface area contributed by atoms with Crippen LogP contribution in [0.1, 0.15) is 33.4 Å². The topological polar surface area (TPSA) is 0 Å². The van der Waals surface area contributed by atoms with Crippen molar-refractivity contribution in [3.63, 3.8) is 0 Å². The van der Waals surface area contributed by atoms with Crippen LogP contribution in [0.25, 0.3) is 76.5 Å². The van der Waals surface area contributed by atoms with Gasteiger partial charge in [0.2, 0.25) is 0 Å². The van der Waals surface area contributed by atoms with Crippen molar-refractivity contribution in [2.24, 2.45) is 0 Å².